The van der Waals surface area contributed by atoms with E-state index in [1.807, 2.05) is 12.1 Å². The minimum Gasteiger partial charge on any atom is -0.493 e. The first-order valence-electron chi connectivity index (χ1n) is 8.66. The lowest BCUT2D eigenvalue weighted by molar-refractivity contribution is -0.134. The Morgan fingerprint density at radius 2 is 1.69 bits per heavy atom. The van der Waals surface area contributed by atoms with Crippen LogP contribution < -0.4 is 14.8 Å². The van der Waals surface area contributed by atoms with Crippen molar-refractivity contribution in [3.63, 3.8) is 0 Å². The van der Waals surface area contributed by atoms with Gasteiger partial charge in [-0.3, -0.25) is 4.79 Å². The highest BCUT2D eigenvalue weighted by Crippen LogP contribution is 2.33. The Hall–Kier alpha value is -2.44. The maximum atomic E-state index is 12.7. The lowest BCUT2D eigenvalue weighted by Crippen LogP contribution is -2.49. The van der Waals surface area contributed by atoms with Gasteiger partial charge in [-0.15, -0.1) is 0 Å². The van der Waals surface area contributed by atoms with Crippen molar-refractivity contribution in [3.8, 4) is 11.5 Å². The van der Waals surface area contributed by atoms with Crippen molar-refractivity contribution in [2.75, 3.05) is 20.8 Å². The molecule has 1 aromatic carbocycles. The highest BCUT2D eigenvalue weighted by molar-refractivity contribution is 5.85. The fourth-order valence-electron chi connectivity index (χ4n) is 2.89. The number of hydrogen-bond donors (Lipinski definition) is 1. The standard InChI is InChI=1S/C19H28N2O5/c1-12(20-18(23)26-19(2,3)4)17(22)21-8-7-13-9-15(24-5)16(25-6)10-14(13)11-21/h9-10,12H,7-8,11H2,1-6H3,(H,20,23)/t12-/m1/s1. The summed E-state index contributed by atoms with van der Waals surface area (Å²) in [6.45, 7) is 8.06. The fraction of sp³-hybridized carbons (Fsp3) is 0.579. The number of methoxy groups -OCH3 is 2. The van der Waals surface area contributed by atoms with Gasteiger partial charge in [-0.05, 0) is 57.4 Å². The molecule has 1 atom stereocenters. The zero-order valence-corrected chi connectivity index (χ0v) is 16.3. The van der Waals surface area contributed by atoms with Crippen LogP contribution in [0.4, 0.5) is 4.79 Å². The molecular weight excluding hydrogens is 336 g/mol. The van der Waals surface area contributed by atoms with Crippen LogP contribution in [0.25, 0.3) is 0 Å². The molecule has 7 heteroatoms. The maximum Gasteiger partial charge on any atom is 0.408 e. The summed E-state index contributed by atoms with van der Waals surface area (Å²) >= 11 is 0. The van der Waals surface area contributed by atoms with E-state index in [4.69, 9.17) is 14.2 Å². The van der Waals surface area contributed by atoms with Crippen LogP contribution in [0.15, 0.2) is 12.1 Å². The smallest absolute Gasteiger partial charge is 0.408 e. The van der Waals surface area contributed by atoms with Crippen molar-refractivity contribution >= 4 is 12.0 Å². The fourth-order valence-corrected chi connectivity index (χ4v) is 2.89. The first-order valence-corrected chi connectivity index (χ1v) is 8.66. The second-order valence-electron chi connectivity index (χ2n) is 7.35. The number of nitrogens with one attached hydrogen (secondary N) is 1. The highest BCUT2D eigenvalue weighted by atomic mass is 16.6. The third kappa shape index (κ3) is 4.80. The summed E-state index contributed by atoms with van der Waals surface area (Å²) in [5.41, 5.74) is 1.55. The monoisotopic (exact) mass is 364 g/mol. The topological polar surface area (TPSA) is 77.1 Å². The normalized spacial score (nSPS) is 14.9. The molecule has 0 spiro atoms. The summed E-state index contributed by atoms with van der Waals surface area (Å²) in [5.74, 6) is 1.18. The first-order chi connectivity index (χ1) is 12.1. The Balaban J connectivity index is 2.05. The third-order valence-electron chi connectivity index (χ3n) is 4.13. The second-order valence-corrected chi connectivity index (χ2v) is 7.35. The van der Waals surface area contributed by atoms with E-state index >= 15 is 0 Å². The first kappa shape index (κ1) is 19.9. The number of nitrogens with zero attached hydrogens (tertiary/aromatic N) is 1. The number of alkyl carbamates (subject to hydrolysis) is 1. The highest BCUT2D eigenvalue weighted by Gasteiger charge is 2.28. The van der Waals surface area contributed by atoms with Gasteiger partial charge in [-0.25, -0.2) is 4.79 Å². The van der Waals surface area contributed by atoms with Gasteiger partial charge in [0.1, 0.15) is 11.6 Å². The van der Waals surface area contributed by atoms with Crippen molar-refractivity contribution in [2.45, 2.75) is 52.3 Å². The Bertz CT molecular complexity index is 681. The number of carbonyl (C=O) groups is 2. The van der Waals surface area contributed by atoms with E-state index in [0.29, 0.717) is 24.6 Å². The van der Waals surface area contributed by atoms with Crippen LogP contribution >= 0.6 is 0 Å². The molecule has 1 aromatic rings. The lowest BCUT2D eigenvalue weighted by atomic mass is 9.98. The number of fused-ring (bicyclic) bond motifs is 1. The molecule has 26 heavy (non-hydrogen) atoms. The summed E-state index contributed by atoms with van der Waals surface area (Å²) in [4.78, 5) is 26.3. The zero-order chi connectivity index (χ0) is 19.5. The average Bonchev–Trinajstić information content (AvgIpc) is 2.57. The molecule has 0 saturated heterocycles. The van der Waals surface area contributed by atoms with Crippen molar-refractivity contribution < 1.29 is 23.8 Å². The number of hydrogen-bond acceptors (Lipinski definition) is 5. The van der Waals surface area contributed by atoms with Crippen LogP contribution in [0.3, 0.4) is 0 Å². The van der Waals surface area contributed by atoms with Crippen LogP contribution in [0.5, 0.6) is 11.5 Å². The van der Waals surface area contributed by atoms with Crippen molar-refractivity contribution in [1.82, 2.24) is 10.2 Å². The molecule has 0 aliphatic carbocycles. The van der Waals surface area contributed by atoms with Crippen molar-refractivity contribution in [1.29, 1.82) is 0 Å². The van der Waals surface area contributed by atoms with Crippen LogP contribution in [0.2, 0.25) is 0 Å². The van der Waals surface area contributed by atoms with Gasteiger partial charge in [0.25, 0.3) is 0 Å². The number of benzene rings is 1. The molecule has 0 saturated carbocycles. The van der Waals surface area contributed by atoms with Crippen molar-refractivity contribution in [2.24, 2.45) is 0 Å². The van der Waals surface area contributed by atoms with Crippen LogP contribution in [0, 0.1) is 0 Å². The molecule has 7 nitrogen and oxygen atoms in total. The van der Waals surface area contributed by atoms with Crippen LogP contribution in [-0.4, -0.2) is 49.3 Å². The molecule has 0 bridgehead atoms. The van der Waals surface area contributed by atoms with Crippen LogP contribution in [-0.2, 0) is 22.5 Å². The Morgan fingerprint density at radius 3 is 2.23 bits per heavy atom. The van der Waals surface area contributed by atoms with E-state index in [1.165, 1.54) is 0 Å². The van der Waals surface area contributed by atoms with Crippen molar-refractivity contribution in [3.05, 3.63) is 23.3 Å². The quantitative estimate of drug-likeness (QED) is 0.888. The average molecular weight is 364 g/mol. The van der Waals surface area contributed by atoms with Gasteiger partial charge in [0, 0.05) is 13.1 Å². The van der Waals surface area contributed by atoms with Crippen LogP contribution in [0.1, 0.15) is 38.8 Å². The molecule has 0 unspecified atom stereocenters. The maximum absolute atomic E-state index is 12.7. The lowest BCUT2D eigenvalue weighted by Gasteiger charge is -2.32. The molecular formula is C19H28N2O5. The summed E-state index contributed by atoms with van der Waals surface area (Å²) in [7, 11) is 3.19. The van der Waals surface area contributed by atoms with E-state index in [0.717, 1.165) is 17.5 Å². The zero-order valence-electron chi connectivity index (χ0n) is 16.3. The molecule has 2 rings (SSSR count). The molecule has 1 heterocycles. The van der Waals surface area contributed by atoms with E-state index < -0.39 is 17.7 Å². The number of carbonyl (C=O) groups excluding carboxylic acids is 2. The van der Waals surface area contributed by atoms with Gasteiger partial charge in [-0.2, -0.15) is 0 Å². The van der Waals surface area contributed by atoms with E-state index in [9.17, 15) is 9.59 Å². The predicted octanol–water partition coefficient (Wildman–Crippen LogP) is 2.50. The second kappa shape index (κ2) is 7.85. The van der Waals surface area contributed by atoms with E-state index in [2.05, 4.69) is 5.32 Å². The molecule has 1 aliphatic rings. The number of rotatable bonds is 4. The number of ether oxygens (including phenoxy) is 3. The Labute approximate surface area is 154 Å². The molecule has 2 amide bonds. The third-order valence-corrected chi connectivity index (χ3v) is 4.13. The summed E-state index contributed by atoms with van der Waals surface area (Å²) in [5, 5.41) is 2.60. The number of amides is 2. The minimum atomic E-state index is -0.661. The molecule has 0 fully saturated rings. The van der Waals surface area contributed by atoms with E-state index in [-0.39, 0.29) is 5.91 Å². The summed E-state index contributed by atoms with van der Waals surface area (Å²) < 4.78 is 15.9. The Morgan fingerprint density at radius 1 is 1.12 bits per heavy atom. The van der Waals surface area contributed by atoms with Gasteiger partial charge in [0.05, 0.1) is 14.2 Å². The van der Waals surface area contributed by atoms with Gasteiger partial charge in [0.2, 0.25) is 5.91 Å². The van der Waals surface area contributed by atoms with Gasteiger partial charge >= 0.3 is 6.09 Å². The Kier molecular flexibility index (Phi) is 6.00. The molecule has 144 valence electrons. The predicted molar refractivity (Wildman–Crippen MR) is 97.5 cm³/mol. The molecule has 0 aromatic heterocycles. The van der Waals surface area contributed by atoms with Gasteiger partial charge in [-0.1, -0.05) is 0 Å². The molecule has 1 N–H and O–H groups in total. The summed E-state index contributed by atoms with van der Waals surface area (Å²) in [6, 6.07) is 3.20. The molecule has 1 aliphatic heterocycles. The minimum absolute atomic E-state index is 0.142. The largest absolute Gasteiger partial charge is 0.493 e. The van der Waals surface area contributed by atoms with Gasteiger partial charge < -0.3 is 24.4 Å². The summed E-state index contributed by atoms with van der Waals surface area (Å²) in [6.07, 6.45) is 0.128. The SMILES string of the molecule is COc1cc2c(cc1OC)CN(C(=O)[C@@H](C)NC(=O)OC(C)(C)C)CC2. The molecule has 0 radical (unpaired) electrons. The van der Waals surface area contributed by atoms with Gasteiger partial charge in [0.15, 0.2) is 11.5 Å². The van der Waals surface area contributed by atoms with E-state index in [1.54, 1.807) is 46.8 Å².